The van der Waals surface area contributed by atoms with Crippen LogP contribution in [-0.4, -0.2) is 55.7 Å². The normalized spacial score (nSPS) is 23.0. The zero-order chi connectivity index (χ0) is 15.4. The molecule has 0 aromatic heterocycles. The first-order valence-electron chi connectivity index (χ1n) is 7.88. The number of hydrogen-bond donors (Lipinski definition) is 1. The van der Waals surface area contributed by atoms with E-state index in [-0.39, 0.29) is 12.1 Å². The van der Waals surface area contributed by atoms with Crippen LogP contribution in [0.25, 0.3) is 0 Å². The molecular formula is C17H29N3O. The Morgan fingerprint density at radius 3 is 2.43 bits per heavy atom. The minimum atomic E-state index is 0.0312. The predicted molar refractivity (Wildman–Crippen MR) is 87.7 cm³/mol. The summed E-state index contributed by atoms with van der Waals surface area (Å²) in [4.78, 5) is 4.77. The third-order valence-corrected chi connectivity index (χ3v) is 4.17. The largest absolute Gasteiger partial charge is 0.491 e. The molecule has 0 bridgehead atoms. The number of ether oxygens (including phenoxy) is 1. The van der Waals surface area contributed by atoms with Gasteiger partial charge < -0.3 is 20.3 Å². The van der Waals surface area contributed by atoms with Crippen LogP contribution in [0.5, 0.6) is 5.75 Å². The maximum atomic E-state index is 6.53. The quantitative estimate of drug-likeness (QED) is 0.922. The number of nitrogens with two attached hydrogens (primary N) is 1. The van der Waals surface area contributed by atoms with Gasteiger partial charge in [-0.05, 0) is 65.1 Å². The van der Waals surface area contributed by atoms with Crippen LogP contribution in [0.4, 0.5) is 0 Å². The lowest BCUT2D eigenvalue weighted by Gasteiger charge is -2.32. The van der Waals surface area contributed by atoms with Gasteiger partial charge in [0.1, 0.15) is 5.75 Å². The second-order valence-corrected chi connectivity index (χ2v) is 6.43. The van der Waals surface area contributed by atoms with E-state index >= 15 is 0 Å². The average molecular weight is 291 g/mol. The summed E-state index contributed by atoms with van der Waals surface area (Å²) in [5.74, 6) is 0.910. The van der Waals surface area contributed by atoms with Crippen molar-refractivity contribution < 1.29 is 4.74 Å². The molecule has 2 atom stereocenters. The molecule has 1 aromatic rings. The topological polar surface area (TPSA) is 41.7 Å². The van der Waals surface area contributed by atoms with Crippen LogP contribution in [0.15, 0.2) is 24.3 Å². The summed E-state index contributed by atoms with van der Waals surface area (Å²) in [6.07, 6.45) is 1.41. The maximum absolute atomic E-state index is 6.53. The standard InChI is InChI=1S/C17H29N3O/c1-13(2)21-15-8-6-14(7-9-15)17(18)16-12-19(3)10-5-11-20(16)4/h6-9,13,16-17H,5,10-12,18H2,1-4H3. The van der Waals surface area contributed by atoms with Crippen molar-refractivity contribution in [3.05, 3.63) is 29.8 Å². The molecule has 0 aliphatic carbocycles. The number of hydrogen-bond acceptors (Lipinski definition) is 4. The number of nitrogens with zero attached hydrogens (tertiary/aromatic N) is 2. The van der Waals surface area contributed by atoms with Gasteiger partial charge in [-0.2, -0.15) is 0 Å². The van der Waals surface area contributed by atoms with Crippen LogP contribution in [-0.2, 0) is 0 Å². The molecule has 1 fully saturated rings. The summed E-state index contributed by atoms with van der Waals surface area (Å²) in [6, 6.07) is 8.63. The van der Waals surface area contributed by atoms with E-state index in [9.17, 15) is 0 Å². The summed E-state index contributed by atoms with van der Waals surface area (Å²) in [5.41, 5.74) is 7.71. The molecular weight excluding hydrogens is 262 g/mol. The average Bonchev–Trinajstić information content (AvgIpc) is 2.60. The van der Waals surface area contributed by atoms with E-state index in [4.69, 9.17) is 10.5 Å². The molecule has 1 aromatic carbocycles. The molecule has 0 saturated carbocycles. The van der Waals surface area contributed by atoms with E-state index in [1.807, 2.05) is 26.0 Å². The third kappa shape index (κ3) is 4.43. The minimum Gasteiger partial charge on any atom is -0.491 e. The van der Waals surface area contributed by atoms with Crippen molar-refractivity contribution in [3.8, 4) is 5.75 Å². The molecule has 0 amide bonds. The fraction of sp³-hybridized carbons (Fsp3) is 0.647. The van der Waals surface area contributed by atoms with E-state index < -0.39 is 0 Å². The van der Waals surface area contributed by atoms with Crippen molar-refractivity contribution in [3.63, 3.8) is 0 Å². The first-order chi connectivity index (χ1) is 9.97. The van der Waals surface area contributed by atoms with E-state index in [0.717, 1.165) is 25.4 Å². The predicted octanol–water partition coefficient (Wildman–Crippen LogP) is 2.11. The van der Waals surface area contributed by atoms with Gasteiger partial charge in [0.25, 0.3) is 0 Å². The van der Waals surface area contributed by atoms with E-state index in [0.29, 0.717) is 6.04 Å². The molecule has 4 nitrogen and oxygen atoms in total. The summed E-state index contributed by atoms with van der Waals surface area (Å²) in [7, 11) is 4.36. The van der Waals surface area contributed by atoms with Crippen molar-refractivity contribution in [2.24, 2.45) is 5.73 Å². The number of rotatable bonds is 4. The molecule has 1 saturated heterocycles. The van der Waals surface area contributed by atoms with Crippen molar-refractivity contribution in [2.75, 3.05) is 33.7 Å². The van der Waals surface area contributed by atoms with Gasteiger partial charge in [-0.1, -0.05) is 12.1 Å². The van der Waals surface area contributed by atoms with Crippen LogP contribution in [0.1, 0.15) is 31.9 Å². The Morgan fingerprint density at radius 1 is 1.14 bits per heavy atom. The Morgan fingerprint density at radius 2 is 1.81 bits per heavy atom. The molecule has 0 radical (unpaired) electrons. The highest BCUT2D eigenvalue weighted by atomic mass is 16.5. The zero-order valence-corrected chi connectivity index (χ0v) is 13.7. The third-order valence-electron chi connectivity index (χ3n) is 4.17. The van der Waals surface area contributed by atoms with Crippen molar-refractivity contribution >= 4 is 0 Å². The molecule has 4 heteroatoms. The monoisotopic (exact) mass is 291 g/mol. The van der Waals surface area contributed by atoms with Gasteiger partial charge >= 0.3 is 0 Å². The number of likely N-dealkylation sites (N-methyl/N-ethyl adjacent to an activating group) is 2. The first-order valence-corrected chi connectivity index (χ1v) is 7.88. The summed E-state index contributed by atoms with van der Waals surface area (Å²) in [6.45, 7) is 7.35. The molecule has 2 rings (SSSR count). The molecule has 1 aliphatic heterocycles. The van der Waals surface area contributed by atoms with Gasteiger partial charge in [-0.3, -0.25) is 0 Å². The highest BCUT2D eigenvalue weighted by molar-refractivity contribution is 5.30. The maximum Gasteiger partial charge on any atom is 0.119 e. The van der Waals surface area contributed by atoms with E-state index in [2.05, 4.69) is 36.0 Å². The molecule has 118 valence electrons. The lowest BCUT2D eigenvalue weighted by atomic mass is 9.99. The van der Waals surface area contributed by atoms with Gasteiger partial charge in [-0.15, -0.1) is 0 Å². The Kier molecular flexibility index (Phi) is 5.62. The fourth-order valence-electron chi connectivity index (χ4n) is 2.96. The Hall–Kier alpha value is -1.10. The van der Waals surface area contributed by atoms with E-state index in [1.54, 1.807) is 0 Å². The SMILES string of the molecule is CC(C)Oc1ccc(C(N)C2CN(C)CCCN2C)cc1. The fourth-order valence-corrected chi connectivity index (χ4v) is 2.96. The Bertz CT molecular complexity index is 432. The lowest BCUT2D eigenvalue weighted by molar-refractivity contribution is 0.196. The molecule has 21 heavy (non-hydrogen) atoms. The molecule has 1 heterocycles. The van der Waals surface area contributed by atoms with Crippen molar-refractivity contribution in [1.29, 1.82) is 0 Å². The van der Waals surface area contributed by atoms with Crippen LogP contribution >= 0.6 is 0 Å². The minimum absolute atomic E-state index is 0.0312. The van der Waals surface area contributed by atoms with Crippen LogP contribution in [0.3, 0.4) is 0 Å². The van der Waals surface area contributed by atoms with Crippen LogP contribution < -0.4 is 10.5 Å². The number of benzene rings is 1. The van der Waals surface area contributed by atoms with Gasteiger partial charge in [0, 0.05) is 18.6 Å². The molecule has 1 aliphatic rings. The van der Waals surface area contributed by atoms with Gasteiger partial charge in [0.05, 0.1) is 6.10 Å². The highest BCUT2D eigenvalue weighted by Gasteiger charge is 2.27. The van der Waals surface area contributed by atoms with Gasteiger partial charge in [0.2, 0.25) is 0 Å². The van der Waals surface area contributed by atoms with E-state index in [1.165, 1.54) is 12.0 Å². The zero-order valence-electron chi connectivity index (χ0n) is 13.7. The Labute approximate surface area is 128 Å². The first kappa shape index (κ1) is 16.3. The van der Waals surface area contributed by atoms with Gasteiger partial charge in [0.15, 0.2) is 0 Å². The molecule has 2 N–H and O–H groups in total. The second kappa shape index (κ2) is 7.25. The highest BCUT2D eigenvalue weighted by Crippen LogP contribution is 2.23. The summed E-state index contributed by atoms with van der Waals surface area (Å²) < 4.78 is 5.69. The molecule has 0 spiro atoms. The van der Waals surface area contributed by atoms with Crippen LogP contribution in [0, 0.1) is 0 Å². The smallest absolute Gasteiger partial charge is 0.119 e. The van der Waals surface area contributed by atoms with Crippen molar-refractivity contribution in [1.82, 2.24) is 9.80 Å². The summed E-state index contributed by atoms with van der Waals surface area (Å²) in [5, 5.41) is 0. The lowest BCUT2D eigenvalue weighted by Crippen LogP contribution is -2.45. The van der Waals surface area contributed by atoms with Crippen molar-refractivity contribution in [2.45, 2.75) is 38.5 Å². The van der Waals surface area contributed by atoms with Gasteiger partial charge in [-0.25, -0.2) is 0 Å². The van der Waals surface area contributed by atoms with Crippen LogP contribution in [0.2, 0.25) is 0 Å². The second-order valence-electron chi connectivity index (χ2n) is 6.43. The Balaban J connectivity index is 2.08. The molecule has 2 unspecified atom stereocenters. The summed E-state index contributed by atoms with van der Waals surface area (Å²) >= 11 is 0.